The van der Waals surface area contributed by atoms with Gasteiger partial charge >= 0.3 is 0 Å². The van der Waals surface area contributed by atoms with Crippen LogP contribution in [0, 0.1) is 19.3 Å². The van der Waals surface area contributed by atoms with Gasteiger partial charge in [0.2, 0.25) is 5.17 Å². The molecule has 2 aliphatic heterocycles. The van der Waals surface area contributed by atoms with Gasteiger partial charge in [0.25, 0.3) is 5.91 Å². The Kier molecular flexibility index (Phi) is 5.19. The van der Waals surface area contributed by atoms with Crippen LogP contribution in [0.15, 0.2) is 46.0 Å². The summed E-state index contributed by atoms with van der Waals surface area (Å²) >= 11 is 7.75. The number of amides is 1. The van der Waals surface area contributed by atoms with Crippen LogP contribution < -0.4 is 0 Å². The molecule has 0 aliphatic carbocycles. The summed E-state index contributed by atoms with van der Waals surface area (Å²) in [7, 11) is 0. The molecule has 2 aromatic rings. The molecule has 2 aliphatic rings. The molecule has 4 rings (SSSR count). The maximum absolute atomic E-state index is 12.6. The molecular formula is C21H20ClN5OS. The highest BCUT2D eigenvalue weighted by Gasteiger charge is 2.35. The Balaban J connectivity index is 1.74. The number of benzene rings is 1. The van der Waals surface area contributed by atoms with Crippen LogP contribution in [0.2, 0.25) is 5.02 Å². The summed E-state index contributed by atoms with van der Waals surface area (Å²) in [5, 5.41) is 16.4. The number of hydrazone groups is 1. The van der Waals surface area contributed by atoms with Gasteiger partial charge in [-0.2, -0.15) is 15.1 Å². The minimum Gasteiger partial charge on any atom is -0.316 e. The number of amidine groups is 2. The van der Waals surface area contributed by atoms with Crippen LogP contribution in [-0.2, 0) is 4.79 Å². The number of aromatic nitrogens is 1. The second-order valence-electron chi connectivity index (χ2n) is 6.88. The first kappa shape index (κ1) is 19.7. The third-order valence-corrected chi connectivity index (χ3v) is 6.11. The van der Waals surface area contributed by atoms with E-state index in [0.717, 1.165) is 40.5 Å². The number of carbonyl (C=O) groups is 1. The van der Waals surface area contributed by atoms with E-state index in [0.29, 0.717) is 10.2 Å². The number of halogens is 1. The lowest BCUT2D eigenvalue weighted by atomic mass is 10.1. The molecule has 1 aromatic carbocycles. The molecule has 0 saturated carbocycles. The number of hydrogen-bond acceptors (Lipinski definition) is 4. The normalized spacial score (nSPS) is 17.7. The van der Waals surface area contributed by atoms with E-state index in [1.165, 1.54) is 16.8 Å². The Morgan fingerprint density at radius 3 is 2.76 bits per heavy atom. The second-order valence-corrected chi connectivity index (χ2v) is 8.32. The highest BCUT2D eigenvalue weighted by Crippen LogP contribution is 2.31. The van der Waals surface area contributed by atoms with Crippen molar-refractivity contribution in [3.05, 3.63) is 57.9 Å². The molecule has 6 nitrogen and oxygen atoms in total. The molecule has 0 atom stereocenters. The maximum Gasteiger partial charge on any atom is 0.283 e. The highest BCUT2D eigenvalue weighted by molar-refractivity contribution is 8.26. The number of fused-ring (bicyclic) bond motifs is 1. The number of thioether (sulfide) groups is 1. The molecule has 0 fully saturated rings. The second kappa shape index (κ2) is 7.65. The average molecular weight is 426 g/mol. The van der Waals surface area contributed by atoms with E-state index in [9.17, 15) is 4.79 Å². The quantitative estimate of drug-likeness (QED) is 0.687. The summed E-state index contributed by atoms with van der Waals surface area (Å²) < 4.78 is 2.05. The molecule has 0 spiro atoms. The zero-order chi connectivity index (χ0) is 20.7. The van der Waals surface area contributed by atoms with Crippen molar-refractivity contribution in [3.63, 3.8) is 0 Å². The minimum absolute atomic E-state index is 0.0566. The number of rotatable bonds is 4. The third kappa shape index (κ3) is 3.45. The van der Waals surface area contributed by atoms with Crippen LogP contribution >= 0.6 is 23.4 Å². The van der Waals surface area contributed by atoms with E-state index >= 15 is 0 Å². The van der Waals surface area contributed by atoms with Crippen LogP contribution in [0.3, 0.4) is 0 Å². The minimum atomic E-state index is -0.413. The smallest absolute Gasteiger partial charge is 0.283 e. The summed E-state index contributed by atoms with van der Waals surface area (Å²) in [4.78, 5) is 16.8. The van der Waals surface area contributed by atoms with Crippen LogP contribution in [0.1, 0.15) is 36.7 Å². The van der Waals surface area contributed by atoms with E-state index in [2.05, 4.69) is 17.0 Å². The zero-order valence-corrected chi connectivity index (χ0v) is 17.9. The Morgan fingerprint density at radius 1 is 1.28 bits per heavy atom. The van der Waals surface area contributed by atoms with Crippen LogP contribution in [0.25, 0.3) is 11.8 Å². The van der Waals surface area contributed by atoms with Gasteiger partial charge in [0.1, 0.15) is 5.04 Å². The molecule has 148 valence electrons. The monoisotopic (exact) mass is 425 g/mol. The van der Waals surface area contributed by atoms with E-state index in [-0.39, 0.29) is 11.4 Å². The van der Waals surface area contributed by atoms with Gasteiger partial charge in [0.05, 0.1) is 16.3 Å². The van der Waals surface area contributed by atoms with Crippen molar-refractivity contribution in [2.75, 3.05) is 0 Å². The van der Waals surface area contributed by atoms with Gasteiger partial charge < -0.3 is 4.57 Å². The van der Waals surface area contributed by atoms with Crippen molar-refractivity contribution in [1.82, 2.24) is 9.58 Å². The fourth-order valence-corrected chi connectivity index (χ4v) is 4.65. The topological polar surface area (TPSA) is 73.8 Å². The average Bonchev–Trinajstić information content (AvgIpc) is 3.20. The lowest BCUT2D eigenvalue weighted by Gasteiger charge is -2.20. The van der Waals surface area contributed by atoms with Crippen molar-refractivity contribution in [1.29, 1.82) is 5.41 Å². The fourth-order valence-electron chi connectivity index (χ4n) is 3.44. The lowest BCUT2D eigenvalue weighted by Crippen LogP contribution is -2.35. The summed E-state index contributed by atoms with van der Waals surface area (Å²) in [5.41, 5.74) is 3.88. The number of hydrogen-bond donors (Lipinski definition) is 1. The Hall–Kier alpha value is -2.64. The first-order valence-corrected chi connectivity index (χ1v) is 10.5. The highest BCUT2D eigenvalue weighted by atomic mass is 35.5. The Labute approximate surface area is 178 Å². The molecule has 29 heavy (non-hydrogen) atoms. The summed E-state index contributed by atoms with van der Waals surface area (Å²) in [6.45, 7) is 6.03. The Bertz CT molecular complexity index is 1130. The molecule has 1 N–H and O–H groups in total. The number of nitrogens with zero attached hydrogens (tertiary/aromatic N) is 4. The molecule has 1 aromatic heterocycles. The van der Waals surface area contributed by atoms with E-state index in [4.69, 9.17) is 17.0 Å². The standard InChI is InChI=1S/C21H20ClN5OS/c1-4-7-18-25-27-19(23)15(20(28)24-21(27)29-18)11-14-10-12(2)26(13(14)3)17-9-6-5-8-16(17)22/h5-6,8-11,23H,4,7H2,1-3H3. The van der Waals surface area contributed by atoms with Crippen molar-refractivity contribution < 1.29 is 4.79 Å². The fraction of sp³-hybridized carbons (Fsp3) is 0.238. The van der Waals surface area contributed by atoms with E-state index < -0.39 is 5.91 Å². The van der Waals surface area contributed by atoms with E-state index in [1.807, 2.05) is 48.7 Å². The molecule has 8 heteroatoms. The maximum atomic E-state index is 12.6. The SMILES string of the molecule is CCCC1=NN2C(=N)C(=Cc3cc(C)n(-c4ccccc4Cl)c3C)C(=O)N=C2S1. The molecule has 0 unspecified atom stereocenters. The van der Waals surface area contributed by atoms with Gasteiger partial charge in [-0.15, -0.1) is 0 Å². The van der Waals surface area contributed by atoms with Crippen molar-refractivity contribution in [3.8, 4) is 5.69 Å². The number of aliphatic imine (C=N–C) groups is 1. The predicted octanol–water partition coefficient (Wildman–Crippen LogP) is 5.17. The third-order valence-electron chi connectivity index (χ3n) is 4.82. The first-order valence-electron chi connectivity index (χ1n) is 9.33. The molecule has 3 heterocycles. The lowest BCUT2D eigenvalue weighted by molar-refractivity contribution is -0.114. The number of para-hydroxylation sites is 1. The molecule has 0 bridgehead atoms. The number of carbonyl (C=O) groups excluding carboxylic acids is 1. The number of aryl methyl sites for hydroxylation is 1. The summed E-state index contributed by atoms with van der Waals surface area (Å²) in [5.74, 6) is -0.356. The van der Waals surface area contributed by atoms with Gasteiger partial charge in [-0.3, -0.25) is 10.2 Å². The van der Waals surface area contributed by atoms with Crippen LogP contribution in [0.5, 0.6) is 0 Å². The van der Waals surface area contributed by atoms with Gasteiger partial charge in [-0.1, -0.05) is 30.7 Å². The largest absolute Gasteiger partial charge is 0.316 e. The van der Waals surface area contributed by atoms with E-state index in [1.54, 1.807) is 6.08 Å². The molecule has 0 saturated heterocycles. The molecule has 1 amide bonds. The summed E-state index contributed by atoms with van der Waals surface area (Å²) in [6.07, 6.45) is 3.48. The Morgan fingerprint density at radius 2 is 2.03 bits per heavy atom. The molecule has 0 radical (unpaired) electrons. The van der Waals surface area contributed by atoms with Crippen molar-refractivity contribution in [2.45, 2.75) is 33.6 Å². The number of nitrogens with one attached hydrogen (secondary N) is 1. The van der Waals surface area contributed by atoms with Gasteiger partial charge in [-0.25, -0.2) is 0 Å². The van der Waals surface area contributed by atoms with Crippen molar-refractivity contribution >= 4 is 51.4 Å². The zero-order valence-electron chi connectivity index (χ0n) is 16.4. The molecular weight excluding hydrogens is 406 g/mol. The van der Waals surface area contributed by atoms with Gasteiger partial charge in [0, 0.05) is 11.4 Å². The van der Waals surface area contributed by atoms with Gasteiger partial charge in [-0.05, 0) is 68.3 Å². The van der Waals surface area contributed by atoms with Crippen LogP contribution in [0.4, 0.5) is 0 Å². The van der Waals surface area contributed by atoms with Crippen LogP contribution in [-0.4, -0.2) is 31.5 Å². The summed E-state index contributed by atoms with van der Waals surface area (Å²) in [6, 6.07) is 9.61. The van der Waals surface area contributed by atoms with Gasteiger partial charge in [0.15, 0.2) is 5.84 Å². The first-order chi connectivity index (χ1) is 13.9. The van der Waals surface area contributed by atoms with Crippen molar-refractivity contribution in [2.24, 2.45) is 10.1 Å². The predicted molar refractivity (Wildman–Crippen MR) is 120 cm³/mol.